The number of hydrogen-bond acceptors (Lipinski definition) is 4. The van der Waals surface area contributed by atoms with Crippen molar-refractivity contribution in [2.45, 2.75) is 45.4 Å². The molecule has 26 heavy (non-hydrogen) atoms. The fourth-order valence-electron chi connectivity index (χ4n) is 2.97. The summed E-state index contributed by atoms with van der Waals surface area (Å²) in [5.74, 6) is 0.875. The molecule has 3 rings (SSSR count). The van der Waals surface area contributed by atoms with Crippen LogP contribution < -0.4 is 4.74 Å². The van der Waals surface area contributed by atoms with Gasteiger partial charge in [0.05, 0.1) is 22.5 Å². The smallest absolute Gasteiger partial charge is 0.269 e. The van der Waals surface area contributed by atoms with Gasteiger partial charge < -0.3 is 4.74 Å². The Hall–Kier alpha value is -2.34. The van der Waals surface area contributed by atoms with Crippen molar-refractivity contribution in [2.75, 3.05) is 6.61 Å². The number of hydrogen-bond donors (Lipinski definition) is 0. The van der Waals surface area contributed by atoms with Gasteiger partial charge in [0.1, 0.15) is 12.1 Å². The first kappa shape index (κ1) is 18.5. The lowest BCUT2D eigenvalue weighted by Gasteiger charge is -2.15. The van der Waals surface area contributed by atoms with E-state index in [0.29, 0.717) is 17.6 Å². The molecule has 1 aromatic heterocycles. The van der Waals surface area contributed by atoms with Crippen LogP contribution in [-0.4, -0.2) is 24.0 Å². The van der Waals surface area contributed by atoms with Crippen molar-refractivity contribution >= 4 is 21.1 Å². The molecule has 3 aromatic rings. The molecule has 0 unspecified atom stereocenters. The Morgan fingerprint density at radius 3 is 2.46 bits per heavy atom. The minimum atomic E-state index is -3.74. The lowest BCUT2D eigenvalue weighted by Crippen LogP contribution is -2.13. The van der Waals surface area contributed by atoms with Gasteiger partial charge in [-0.15, -0.1) is 0 Å². The SMILES string of the molecule is CCOc1ccc(S(=O)(=O)n2cnc3cc(C)c(C)cc32)cc1C(C)C. The van der Waals surface area contributed by atoms with Gasteiger partial charge in [-0.2, -0.15) is 0 Å². The lowest BCUT2D eigenvalue weighted by molar-refractivity contribution is 0.335. The molecule has 0 atom stereocenters. The number of benzene rings is 2. The monoisotopic (exact) mass is 372 g/mol. The molecule has 0 radical (unpaired) electrons. The van der Waals surface area contributed by atoms with Crippen LogP contribution in [-0.2, 0) is 10.0 Å². The summed E-state index contributed by atoms with van der Waals surface area (Å²) in [7, 11) is -3.74. The van der Waals surface area contributed by atoms with Gasteiger partial charge in [-0.05, 0) is 73.7 Å². The van der Waals surface area contributed by atoms with E-state index < -0.39 is 10.0 Å². The zero-order chi connectivity index (χ0) is 19.1. The van der Waals surface area contributed by atoms with Crippen LogP contribution in [0, 0.1) is 13.8 Å². The number of rotatable bonds is 5. The molecule has 5 nitrogen and oxygen atoms in total. The van der Waals surface area contributed by atoms with Crippen LogP contribution in [0.1, 0.15) is 43.4 Å². The van der Waals surface area contributed by atoms with E-state index in [9.17, 15) is 8.42 Å². The molecule has 2 aromatic carbocycles. The third kappa shape index (κ3) is 3.09. The van der Waals surface area contributed by atoms with Gasteiger partial charge in [0.15, 0.2) is 0 Å². The van der Waals surface area contributed by atoms with Crippen LogP contribution >= 0.6 is 0 Å². The Bertz CT molecular complexity index is 1070. The van der Waals surface area contributed by atoms with Gasteiger partial charge in [0.25, 0.3) is 10.0 Å². The molecular weight excluding hydrogens is 348 g/mol. The molecule has 0 aliphatic heterocycles. The van der Waals surface area contributed by atoms with E-state index in [2.05, 4.69) is 4.98 Å². The number of imidazole rings is 1. The Kier molecular flexibility index (Phi) is 4.80. The van der Waals surface area contributed by atoms with Crippen molar-refractivity contribution in [3.63, 3.8) is 0 Å². The van der Waals surface area contributed by atoms with Crippen molar-refractivity contribution in [3.05, 3.63) is 53.3 Å². The zero-order valence-corrected chi connectivity index (χ0v) is 16.6. The van der Waals surface area contributed by atoms with E-state index in [1.165, 1.54) is 10.3 Å². The maximum atomic E-state index is 13.2. The van der Waals surface area contributed by atoms with E-state index in [4.69, 9.17) is 4.74 Å². The summed E-state index contributed by atoms with van der Waals surface area (Å²) < 4.78 is 33.4. The van der Waals surface area contributed by atoms with Crippen molar-refractivity contribution in [1.29, 1.82) is 0 Å². The van der Waals surface area contributed by atoms with Crippen LogP contribution in [0.2, 0.25) is 0 Å². The highest BCUT2D eigenvalue weighted by atomic mass is 32.2. The van der Waals surface area contributed by atoms with Crippen molar-refractivity contribution in [3.8, 4) is 5.75 Å². The van der Waals surface area contributed by atoms with E-state index in [1.54, 1.807) is 18.2 Å². The number of ether oxygens (including phenoxy) is 1. The van der Waals surface area contributed by atoms with E-state index in [1.807, 2.05) is 46.8 Å². The molecule has 0 bridgehead atoms. The third-order valence-electron chi connectivity index (χ3n) is 4.59. The summed E-state index contributed by atoms with van der Waals surface area (Å²) in [5, 5.41) is 0. The number of fused-ring (bicyclic) bond motifs is 1. The number of nitrogens with zero attached hydrogens (tertiary/aromatic N) is 2. The Balaban J connectivity index is 2.17. The predicted octanol–water partition coefficient (Wildman–Crippen LogP) is 4.41. The Morgan fingerprint density at radius 2 is 1.81 bits per heavy atom. The summed E-state index contributed by atoms with van der Waals surface area (Å²) in [6.45, 7) is 10.4. The van der Waals surface area contributed by atoms with E-state index in [-0.39, 0.29) is 10.8 Å². The molecule has 0 amide bonds. The zero-order valence-electron chi connectivity index (χ0n) is 15.8. The van der Waals surface area contributed by atoms with Crippen molar-refractivity contribution in [2.24, 2.45) is 0 Å². The van der Waals surface area contributed by atoms with Crippen LogP contribution in [0.15, 0.2) is 41.6 Å². The second-order valence-corrected chi connectivity index (χ2v) is 8.57. The lowest BCUT2D eigenvalue weighted by atomic mass is 10.0. The number of aryl methyl sites for hydroxylation is 2. The molecule has 138 valence electrons. The molecule has 1 heterocycles. The van der Waals surface area contributed by atoms with E-state index >= 15 is 0 Å². The first-order chi connectivity index (χ1) is 12.3. The van der Waals surface area contributed by atoms with Gasteiger partial charge in [-0.25, -0.2) is 17.4 Å². The molecule has 0 saturated heterocycles. The summed E-state index contributed by atoms with van der Waals surface area (Å²) in [6.07, 6.45) is 1.38. The minimum Gasteiger partial charge on any atom is -0.494 e. The molecule has 6 heteroatoms. The minimum absolute atomic E-state index is 0.149. The molecule has 0 saturated carbocycles. The fourth-order valence-corrected chi connectivity index (χ4v) is 4.29. The standard InChI is InChI=1S/C20H24N2O3S/c1-6-25-20-8-7-16(11-17(20)13(2)3)26(23,24)22-12-21-18-9-14(4)15(5)10-19(18)22/h7-13H,6H2,1-5H3. The summed E-state index contributed by atoms with van der Waals surface area (Å²) in [4.78, 5) is 4.51. The normalized spacial score (nSPS) is 12.1. The molecular formula is C20H24N2O3S. The maximum Gasteiger partial charge on any atom is 0.269 e. The highest BCUT2D eigenvalue weighted by Gasteiger charge is 2.22. The topological polar surface area (TPSA) is 61.2 Å². The van der Waals surface area contributed by atoms with Gasteiger partial charge in [-0.3, -0.25) is 0 Å². The molecule has 0 N–H and O–H groups in total. The van der Waals surface area contributed by atoms with E-state index in [0.717, 1.165) is 22.4 Å². The second-order valence-electron chi connectivity index (χ2n) is 6.76. The summed E-state index contributed by atoms with van der Waals surface area (Å²) in [5.41, 5.74) is 4.26. The average molecular weight is 372 g/mol. The van der Waals surface area contributed by atoms with Crippen LogP contribution in [0.25, 0.3) is 11.0 Å². The van der Waals surface area contributed by atoms with Crippen molar-refractivity contribution < 1.29 is 13.2 Å². The highest BCUT2D eigenvalue weighted by Crippen LogP contribution is 2.31. The fraction of sp³-hybridized carbons (Fsp3) is 0.350. The molecule has 0 aliphatic carbocycles. The van der Waals surface area contributed by atoms with Gasteiger partial charge in [-0.1, -0.05) is 13.8 Å². The summed E-state index contributed by atoms with van der Waals surface area (Å²) >= 11 is 0. The first-order valence-corrected chi connectivity index (χ1v) is 10.2. The Labute approximate surface area is 154 Å². The Morgan fingerprint density at radius 1 is 1.12 bits per heavy atom. The molecule has 0 spiro atoms. The van der Waals surface area contributed by atoms with Crippen LogP contribution in [0.4, 0.5) is 0 Å². The maximum absolute atomic E-state index is 13.2. The third-order valence-corrected chi connectivity index (χ3v) is 6.25. The predicted molar refractivity (Wildman–Crippen MR) is 103 cm³/mol. The number of aromatic nitrogens is 2. The van der Waals surface area contributed by atoms with Gasteiger partial charge in [0.2, 0.25) is 0 Å². The summed E-state index contributed by atoms with van der Waals surface area (Å²) in [6, 6.07) is 8.82. The largest absolute Gasteiger partial charge is 0.494 e. The van der Waals surface area contributed by atoms with Gasteiger partial charge >= 0.3 is 0 Å². The molecule has 0 aliphatic rings. The average Bonchev–Trinajstić information content (AvgIpc) is 2.99. The quantitative estimate of drug-likeness (QED) is 0.665. The first-order valence-electron chi connectivity index (χ1n) is 8.72. The van der Waals surface area contributed by atoms with Crippen LogP contribution in [0.5, 0.6) is 5.75 Å². The highest BCUT2D eigenvalue weighted by molar-refractivity contribution is 7.90. The second kappa shape index (κ2) is 6.76. The van der Waals surface area contributed by atoms with Crippen LogP contribution in [0.3, 0.4) is 0 Å². The van der Waals surface area contributed by atoms with Crippen molar-refractivity contribution in [1.82, 2.24) is 8.96 Å². The van der Waals surface area contributed by atoms with Gasteiger partial charge in [0, 0.05) is 0 Å². The molecule has 0 fully saturated rings.